The van der Waals surface area contributed by atoms with Crippen molar-refractivity contribution in [3.05, 3.63) is 29.3 Å². The Bertz CT molecular complexity index is 387. The highest BCUT2D eigenvalue weighted by atomic mass is 35.5. The van der Waals surface area contributed by atoms with Gasteiger partial charge in [0, 0.05) is 36.9 Å². The summed E-state index contributed by atoms with van der Waals surface area (Å²) in [6.45, 7) is 0.714. The topological polar surface area (TPSA) is 6.48 Å². The average molecular weight is 265 g/mol. The smallest absolute Gasteiger partial charge is 0.369 e. The molecule has 0 saturated carbocycles. The molecule has 0 aliphatic carbocycles. The van der Waals surface area contributed by atoms with E-state index in [1.165, 1.54) is 0 Å². The van der Waals surface area contributed by atoms with E-state index in [1.807, 2.05) is 11.0 Å². The third kappa shape index (κ3) is 3.04. The molecule has 1 saturated heterocycles. The van der Waals surface area contributed by atoms with Gasteiger partial charge in [0.05, 0.1) is 0 Å². The van der Waals surface area contributed by atoms with Gasteiger partial charge in [0.25, 0.3) is 0 Å². The Labute approximate surface area is 103 Å². The van der Waals surface area contributed by atoms with Crippen LogP contribution in [0.1, 0.15) is 0 Å². The molecular weight excluding hydrogens is 253 g/mol. The summed E-state index contributed by atoms with van der Waals surface area (Å²) in [5.74, 6) is 0. The fraction of sp³-hybridized carbons (Fsp3) is 0.455. The summed E-state index contributed by atoms with van der Waals surface area (Å²) in [6.07, 6.45) is -4.22. The van der Waals surface area contributed by atoms with Gasteiger partial charge in [-0.2, -0.15) is 13.2 Å². The van der Waals surface area contributed by atoms with Crippen molar-refractivity contribution in [2.24, 2.45) is 0 Å². The van der Waals surface area contributed by atoms with E-state index in [4.69, 9.17) is 11.6 Å². The van der Waals surface area contributed by atoms with Gasteiger partial charge in [0.2, 0.25) is 0 Å². The highest BCUT2D eigenvalue weighted by molar-refractivity contribution is 6.30. The zero-order valence-electron chi connectivity index (χ0n) is 9.04. The zero-order valence-corrected chi connectivity index (χ0v) is 9.80. The van der Waals surface area contributed by atoms with Gasteiger partial charge < -0.3 is 4.90 Å². The summed E-state index contributed by atoms with van der Waals surface area (Å²) in [6, 6.07) is 7.17. The standard InChI is InChI=1S/C11H12ClF3N2/c12-9-2-1-3-10(8-9)16-4-6-17(7-5-16)11(13,14)15/h1-3,8H,4-7H2. The molecular formula is C11H12ClF3N2. The highest BCUT2D eigenvalue weighted by Gasteiger charge is 2.38. The largest absolute Gasteiger partial charge is 0.460 e. The van der Waals surface area contributed by atoms with Crippen LogP contribution in [-0.4, -0.2) is 37.4 Å². The summed E-state index contributed by atoms with van der Waals surface area (Å²) < 4.78 is 37.3. The number of hydrogen-bond acceptors (Lipinski definition) is 2. The van der Waals surface area contributed by atoms with E-state index in [0.29, 0.717) is 23.0 Å². The van der Waals surface area contributed by atoms with Crippen molar-refractivity contribution in [2.45, 2.75) is 6.30 Å². The second-order valence-corrected chi connectivity index (χ2v) is 4.36. The Hall–Kier alpha value is -0.940. The Balaban J connectivity index is 2.00. The maximum Gasteiger partial charge on any atom is 0.460 e. The second kappa shape index (κ2) is 4.74. The van der Waals surface area contributed by atoms with Gasteiger partial charge in [0.1, 0.15) is 0 Å². The minimum atomic E-state index is -4.22. The van der Waals surface area contributed by atoms with Crippen LogP contribution >= 0.6 is 11.6 Å². The summed E-state index contributed by atoms with van der Waals surface area (Å²) >= 11 is 5.85. The molecule has 0 unspecified atom stereocenters. The van der Waals surface area contributed by atoms with E-state index < -0.39 is 6.30 Å². The molecule has 1 aliphatic heterocycles. The summed E-state index contributed by atoms with van der Waals surface area (Å²) in [7, 11) is 0. The monoisotopic (exact) mass is 264 g/mol. The molecule has 0 atom stereocenters. The predicted octanol–water partition coefficient (Wildman–Crippen LogP) is 2.98. The van der Waals surface area contributed by atoms with Gasteiger partial charge in [-0.05, 0) is 18.2 Å². The molecule has 1 aromatic rings. The van der Waals surface area contributed by atoms with Gasteiger partial charge >= 0.3 is 6.30 Å². The molecule has 94 valence electrons. The third-order valence-corrected chi connectivity index (χ3v) is 3.05. The average Bonchev–Trinajstić information content (AvgIpc) is 2.28. The van der Waals surface area contributed by atoms with Crippen LogP contribution in [0.4, 0.5) is 18.9 Å². The lowest BCUT2D eigenvalue weighted by atomic mass is 10.2. The van der Waals surface area contributed by atoms with Crippen molar-refractivity contribution in [3.8, 4) is 0 Å². The van der Waals surface area contributed by atoms with E-state index in [-0.39, 0.29) is 13.1 Å². The van der Waals surface area contributed by atoms with E-state index in [2.05, 4.69) is 0 Å². The minimum absolute atomic E-state index is 0.00396. The molecule has 2 rings (SSSR count). The Morgan fingerprint density at radius 2 is 1.71 bits per heavy atom. The molecule has 1 aliphatic rings. The number of benzene rings is 1. The van der Waals surface area contributed by atoms with Crippen molar-refractivity contribution < 1.29 is 13.2 Å². The van der Waals surface area contributed by atoms with Crippen LogP contribution < -0.4 is 4.90 Å². The first-order valence-corrected chi connectivity index (χ1v) is 5.67. The van der Waals surface area contributed by atoms with Crippen LogP contribution in [0.15, 0.2) is 24.3 Å². The Morgan fingerprint density at radius 1 is 1.06 bits per heavy atom. The lowest BCUT2D eigenvalue weighted by molar-refractivity contribution is -0.246. The van der Waals surface area contributed by atoms with Crippen molar-refractivity contribution in [2.75, 3.05) is 31.1 Å². The van der Waals surface area contributed by atoms with Crippen molar-refractivity contribution in [1.29, 1.82) is 0 Å². The number of alkyl halides is 3. The molecule has 6 heteroatoms. The van der Waals surface area contributed by atoms with Crippen molar-refractivity contribution in [1.82, 2.24) is 4.90 Å². The van der Waals surface area contributed by atoms with Gasteiger partial charge in [0.15, 0.2) is 0 Å². The summed E-state index contributed by atoms with van der Waals surface area (Å²) in [5.41, 5.74) is 0.874. The molecule has 0 aromatic heterocycles. The van der Waals surface area contributed by atoms with Gasteiger partial charge in [-0.15, -0.1) is 0 Å². The van der Waals surface area contributed by atoms with E-state index in [1.54, 1.807) is 18.2 Å². The fourth-order valence-corrected chi connectivity index (χ4v) is 2.08. The molecule has 17 heavy (non-hydrogen) atoms. The molecule has 0 radical (unpaired) electrons. The Kier molecular flexibility index (Phi) is 3.49. The highest BCUT2D eigenvalue weighted by Crippen LogP contribution is 2.25. The fourth-order valence-electron chi connectivity index (χ4n) is 1.89. The zero-order chi connectivity index (χ0) is 12.5. The van der Waals surface area contributed by atoms with Crippen LogP contribution in [0.3, 0.4) is 0 Å². The van der Waals surface area contributed by atoms with Crippen LogP contribution in [0, 0.1) is 0 Å². The molecule has 0 bridgehead atoms. The SMILES string of the molecule is FC(F)(F)N1CCN(c2cccc(Cl)c2)CC1. The van der Waals surface area contributed by atoms with E-state index in [0.717, 1.165) is 5.69 Å². The van der Waals surface area contributed by atoms with Gasteiger partial charge in [-0.25, -0.2) is 4.90 Å². The number of nitrogens with zero attached hydrogens (tertiary/aromatic N) is 2. The molecule has 1 aromatic carbocycles. The number of halogens is 4. The first-order chi connectivity index (χ1) is 7.97. The van der Waals surface area contributed by atoms with Crippen LogP contribution in [0.5, 0.6) is 0 Å². The lowest BCUT2D eigenvalue weighted by Gasteiger charge is -2.36. The Morgan fingerprint density at radius 3 is 2.24 bits per heavy atom. The second-order valence-electron chi connectivity index (χ2n) is 3.92. The quantitative estimate of drug-likeness (QED) is 0.720. The molecule has 0 amide bonds. The molecule has 0 spiro atoms. The molecule has 1 fully saturated rings. The minimum Gasteiger partial charge on any atom is -0.369 e. The van der Waals surface area contributed by atoms with Crippen molar-refractivity contribution in [3.63, 3.8) is 0 Å². The van der Waals surface area contributed by atoms with Gasteiger partial charge in [-0.1, -0.05) is 17.7 Å². The predicted molar refractivity (Wildman–Crippen MR) is 61.3 cm³/mol. The van der Waals surface area contributed by atoms with Crippen LogP contribution in [0.25, 0.3) is 0 Å². The summed E-state index contributed by atoms with van der Waals surface area (Å²) in [4.78, 5) is 2.45. The van der Waals surface area contributed by atoms with Crippen LogP contribution in [-0.2, 0) is 0 Å². The number of anilines is 1. The van der Waals surface area contributed by atoms with E-state index in [9.17, 15) is 13.2 Å². The molecule has 0 N–H and O–H groups in total. The molecule has 1 heterocycles. The maximum absolute atomic E-state index is 12.4. The van der Waals surface area contributed by atoms with E-state index >= 15 is 0 Å². The molecule has 2 nitrogen and oxygen atoms in total. The normalized spacial score (nSPS) is 18.5. The number of rotatable bonds is 1. The lowest BCUT2D eigenvalue weighted by Crippen LogP contribution is -2.51. The maximum atomic E-state index is 12.4. The number of piperazine rings is 1. The first-order valence-electron chi connectivity index (χ1n) is 5.29. The van der Waals surface area contributed by atoms with Crippen molar-refractivity contribution >= 4 is 17.3 Å². The van der Waals surface area contributed by atoms with Crippen LogP contribution in [0.2, 0.25) is 5.02 Å². The summed E-state index contributed by atoms with van der Waals surface area (Å²) in [5, 5.41) is 0.598. The van der Waals surface area contributed by atoms with Gasteiger partial charge in [-0.3, -0.25) is 0 Å². The first kappa shape index (κ1) is 12.5. The third-order valence-electron chi connectivity index (χ3n) is 2.81. The number of hydrogen-bond donors (Lipinski definition) is 0.